The normalized spacial score (nSPS) is 11.3. The summed E-state index contributed by atoms with van der Waals surface area (Å²) in [6.45, 7) is -0.257. The predicted octanol–water partition coefficient (Wildman–Crippen LogP) is 0.909. The van der Waals surface area contributed by atoms with E-state index in [0.717, 1.165) is 6.26 Å². The van der Waals surface area contributed by atoms with Crippen molar-refractivity contribution < 1.29 is 13.3 Å². The number of sulfone groups is 1. The number of hydrogen-bond acceptors (Lipinski definition) is 4. The van der Waals surface area contributed by atoms with Crippen molar-refractivity contribution >= 4 is 9.84 Å². The summed E-state index contributed by atoms with van der Waals surface area (Å²) in [6.07, 6.45) is 1.23. The highest BCUT2D eigenvalue weighted by Crippen LogP contribution is 2.15. The van der Waals surface area contributed by atoms with Gasteiger partial charge in [-0.15, -0.1) is 0 Å². The molecule has 1 aromatic carbocycles. The Morgan fingerprint density at radius 1 is 1.33 bits per heavy atom. The lowest BCUT2D eigenvalue weighted by molar-refractivity contribution is -0.479. The summed E-state index contributed by atoms with van der Waals surface area (Å²) in [4.78, 5) is 9.90. The average molecular weight is 229 g/mol. The largest absolute Gasteiger partial charge is 0.265 e. The Hall–Kier alpha value is -1.43. The molecule has 0 unspecified atom stereocenters. The Morgan fingerprint density at radius 2 is 1.93 bits per heavy atom. The maximum Gasteiger partial charge on any atom is 0.207 e. The quantitative estimate of drug-likeness (QED) is 0.568. The smallest absolute Gasteiger partial charge is 0.207 e. The van der Waals surface area contributed by atoms with E-state index in [0.29, 0.717) is 5.56 Å². The Kier molecular flexibility index (Phi) is 3.41. The third-order valence-electron chi connectivity index (χ3n) is 1.94. The maximum absolute atomic E-state index is 11.3. The van der Waals surface area contributed by atoms with Crippen molar-refractivity contribution in [2.24, 2.45) is 0 Å². The van der Waals surface area contributed by atoms with Crippen molar-refractivity contribution in [2.45, 2.75) is 11.3 Å². The molecule has 1 aromatic rings. The van der Waals surface area contributed by atoms with E-state index in [1.54, 1.807) is 18.2 Å². The van der Waals surface area contributed by atoms with Crippen LogP contribution in [-0.2, 0) is 16.3 Å². The Morgan fingerprint density at radius 3 is 2.47 bits per heavy atom. The number of benzene rings is 1. The Balaban J connectivity index is 3.02. The molecule has 0 aromatic heterocycles. The molecule has 0 radical (unpaired) electrons. The van der Waals surface area contributed by atoms with Crippen molar-refractivity contribution in [2.75, 3.05) is 12.8 Å². The predicted molar refractivity (Wildman–Crippen MR) is 55.1 cm³/mol. The van der Waals surface area contributed by atoms with E-state index in [1.165, 1.54) is 6.07 Å². The Bertz CT molecular complexity index is 467. The van der Waals surface area contributed by atoms with Gasteiger partial charge in [-0.25, -0.2) is 8.42 Å². The molecule has 0 heterocycles. The second-order valence-electron chi connectivity index (χ2n) is 3.19. The highest BCUT2D eigenvalue weighted by Gasteiger charge is 2.13. The molecule has 0 aliphatic rings. The molecule has 0 aliphatic carbocycles. The van der Waals surface area contributed by atoms with Gasteiger partial charge in [0.05, 0.1) is 4.90 Å². The second kappa shape index (κ2) is 4.39. The fourth-order valence-corrected chi connectivity index (χ4v) is 2.26. The van der Waals surface area contributed by atoms with Gasteiger partial charge in [-0.2, -0.15) is 0 Å². The summed E-state index contributed by atoms with van der Waals surface area (Å²) in [5, 5.41) is 10.2. The molecule has 0 aliphatic heterocycles. The average Bonchev–Trinajstić information content (AvgIpc) is 2.13. The minimum Gasteiger partial charge on any atom is -0.265 e. The molecule has 0 atom stereocenters. The van der Waals surface area contributed by atoms with Crippen molar-refractivity contribution in [3.05, 3.63) is 39.9 Å². The summed E-state index contributed by atoms with van der Waals surface area (Å²) >= 11 is 0. The zero-order valence-corrected chi connectivity index (χ0v) is 9.03. The Labute approximate surface area is 87.8 Å². The van der Waals surface area contributed by atoms with Gasteiger partial charge in [0.1, 0.15) is 0 Å². The van der Waals surface area contributed by atoms with Crippen LogP contribution in [-0.4, -0.2) is 26.1 Å². The van der Waals surface area contributed by atoms with Crippen LogP contribution < -0.4 is 0 Å². The van der Waals surface area contributed by atoms with Crippen LogP contribution in [0.25, 0.3) is 0 Å². The lowest BCUT2D eigenvalue weighted by Crippen LogP contribution is -2.08. The molecule has 0 saturated heterocycles. The van der Waals surface area contributed by atoms with E-state index in [-0.39, 0.29) is 17.9 Å². The van der Waals surface area contributed by atoms with Crippen LogP contribution in [0.3, 0.4) is 0 Å². The van der Waals surface area contributed by atoms with Crippen molar-refractivity contribution in [1.29, 1.82) is 0 Å². The molecule has 0 N–H and O–H groups in total. The maximum atomic E-state index is 11.3. The van der Waals surface area contributed by atoms with Gasteiger partial charge < -0.3 is 0 Å². The zero-order chi connectivity index (χ0) is 11.5. The molecular formula is C9H11NO4S. The number of rotatable bonds is 4. The first-order valence-electron chi connectivity index (χ1n) is 4.31. The standard InChI is InChI=1S/C9H11NO4S/c1-15(13,14)9-5-3-2-4-8(9)6-7-10(11)12/h2-5H,6-7H2,1H3. The molecular weight excluding hydrogens is 218 g/mol. The molecule has 82 valence electrons. The van der Waals surface area contributed by atoms with Crippen LogP contribution in [0, 0.1) is 10.1 Å². The lowest BCUT2D eigenvalue weighted by Gasteiger charge is -2.04. The van der Waals surface area contributed by atoms with Crippen molar-refractivity contribution in [3.63, 3.8) is 0 Å². The fraction of sp³-hybridized carbons (Fsp3) is 0.333. The number of nitrogens with zero attached hydrogens (tertiary/aromatic N) is 1. The summed E-state index contributed by atoms with van der Waals surface area (Å²) in [5.74, 6) is 0. The van der Waals surface area contributed by atoms with E-state index in [1.807, 2.05) is 0 Å². The molecule has 0 spiro atoms. The topological polar surface area (TPSA) is 77.3 Å². The zero-order valence-electron chi connectivity index (χ0n) is 8.21. The number of hydrogen-bond donors (Lipinski definition) is 0. The van der Waals surface area contributed by atoms with E-state index in [2.05, 4.69) is 0 Å². The first-order chi connectivity index (χ1) is 6.91. The summed E-state index contributed by atoms with van der Waals surface area (Å²) in [5.41, 5.74) is 0.497. The van der Waals surface area contributed by atoms with Crippen molar-refractivity contribution in [1.82, 2.24) is 0 Å². The second-order valence-corrected chi connectivity index (χ2v) is 5.17. The van der Waals surface area contributed by atoms with Crippen LogP contribution in [0.2, 0.25) is 0 Å². The van der Waals surface area contributed by atoms with Crippen LogP contribution in [0.5, 0.6) is 0 Å². The molecule has 6 heteroatoms. The monoisotopic (exact) mass is 229 g/mol. The third-order valence-corrected chi connectivity index (χ3v) is 3.13. The molecule has 0 fully saturated rings. The minimum atomic E-state index is -3.30. The van der Waals surface area contributed by atoms with E-state index >= 15 is 0 Å². The molecule has 0 saturated carbocycles. The van der Waals surface area contributed by atoms with Gasteiger partial charge in [-0.1, -0.05) is 18.2 Å². The SMILES string of the molecule is CS(=O)(=O)c1ccccc1CC[N+](=O)[O-]. The minimum absolute atomic E-state index is 0.135. The summed E-state index contributed by atoms with van der Waals surface area (Å²) in [7, 11) is -3.30. The number of nitro groups is 1. The highest BCUT2D eigenvalue weighted by atomic mass is 32.2. The van der Waals surface area contributed by atoms with Crippen LogP contribution in [0.15, 0.2) is 29.2 Å². The lowest BCUT2D eigenvalue weighted by atomic mass is 10.1. The van der Waals surface area contributed by atoms with Gasteiger partial charge in [0.25, 0.3) is 0 Å². The molecule has 1 rings (SSSR count). The van der Waals surface area contributed by atoms with Gasteiger partial charge in [0, 0.05) is 17.6 Å². The van der Waals surface area contributed by atoms with Gasteiger partial charge in [0.15, 0.2) is 9.84 Å². The highest BCUT2D eigenvalue weighted by molar-refractivity contribution is 7.90. The van der Waals surface area contributed by atoms with E-state index in [4.69, 9.17) is 0 Å². The van der Waals surface area contributed by atoms with Crippen LogP contribution in [0.4, 0.5) is 0 Å². The first kappa shape index (κ1) is 11.6. The van der Waals surface area contributed by atoms with E-state index in [9.17, 15) is 18.5 Å². The van der Waals surface area contributed by atoms with E-state index < -0.39 is 14.8 Å². The molecule has 0 bridgehead atoms. The van der Waals surface area contributed by atoms with Crippen LogP contribution >= 0.6 is 0 Å². The summed E-state index contributed by atoms with van der Waals surface area (Å²) < 4.78 is 22.7. The first-order valence-corrected chi connectivity index (χ1v) is 6.20. The molecule has 0 amide bonds. The third kappa shape index (κ3) is 3.32. The van der Waals surface area contributed by atoms with Crippen molar-refractivity contribution in [3.8, 4) is 0 Å². The molecule has 15 heavy (non-hydrogen) atoms. The fourth-order valence-electron chi connectivity index (χ4n) is 1.28. The van der Waals surface area contributed by atoms with Gasteiger partial charge in [-0.3, -0.25) is 10.1 Å². The van der Waals surface area contributed by atoms with Gasteiger partial charge in [-0.05, 0) is 11.6 Å². The summed E-state index contributed by atoms with van der Waals surface area (Å²) in [6, 6.07) is 6.33. The van der Waals surface area contributed by atoms with Crippen LogP contribution in [0.1, 0.15) is 5.56 Å². The molecule has 5 nitrogen and oxygen atoms in total. The van der Waals surface area contributed by atoms with Gasteiger partial charge in [0.2, 0.25) is 6.54 Å². The van der Waals surface area contributed by atoms with Gasteiger partial charge >= 0.3 is 0 Å².